The van der Waals surface area contributed by atoms with Crippen molar-refractivity contribution >= 4 is 11.6 Å². The summed E-state index contributed by atoms with van der Waals surface area (Å²) in [6.07, 6.45) is 3.37. The molecule has 1 amide bonds. The van der Waals surface area contributed by atoms with Crippen LogP contribution in [0.25, 0.3) is 0 Å². The second kappa shape index (κ2) is 10.2. The maximum absolute atomic E-state index is 12.6. The first-order chi connectivity index (χ1) is 14.6. The van der Waals surface area contributed by atoms with Gasteiger partial charge in [-0.25, -0.2) is 4.68 Å². The molecule has 0 spiro atoms. The Morgan fingerprint density at radius 1 is 1.07 bits per heavy atom. The predicted molar refractivity (Wildman–Crippen MR) is 110 cm³/mol. The first-order valence-electron chi connectivity index (χ1n) is 9.19. The number of benzene rings is 1. The van der Waals surface area contributed by atoms with E-state index in [4.69, 9.17) is 14.2 Å². The molecule has 0 fully saturated rings. The number of carbonyl (C=O) groups excluding carboxylic acids is 1. The Bertz CT molecular complexity index is 1050. The molecule has 0 radical (unpaired) electrons. The minimum absolute atomic E-state index is 0.112. The van der Waals surface area contributed by atoms with Crippen molar-refractivity contribution in [3.63, 3.8) is 0 Å². The summed E-state index contributed by atoms with van der Waals surface area (Å²) in [5.74, 6) is 0.560. The highest BCUT2D eigenvalue weighted by Gasteiger charge is 2.13. The summed E-state index contributed by atoms with van der Waals surface area (Å²) in [7, 11) is 3.07. The molecule has 0 aliphatic carbocycles. The maximum atomic E-state index is 12.6. The minimum atomic E-state index is -0.452. The van der Waals surface area contributed by atoms with E-state index in [-0.39, 0.29) is 17.8 Å². The molecule has 0 saturated heterocycles. The van der Waals surface area contributed by atoms with Crippen molar-refractivity contribution in [1.29, 1.82) is 0 Å². The lowest BCUT2D eigenvalue weighted by Crippen LogP contribution is -2.27. The van der Waals surface area contributed by atoms with Crippen LogP contribution in [0.3, 0.4) is 0 Å². The molecule has 0 unspecified atom stereocenters. The number of hydrogen-bond donors (Lipinski definition) is 1. The van der Waals surface area contributed by atoms with Gasteiger partial charge in [-0.1, -0.05) is 0 Å². The van der Waals surface area contributed by atoms with Gasteiger partial charge in [0.2, 0.25) is 0 Å². The van der Waals surface area contributed by atoms with Crippen LogP contribution in [0.2, 0.25) is 0 Å². The highest BCUT2D eigenvalue weighted by atomic mass is 16.5. The number of nitrogens with zero attached hydrogens (tertiary/aromatic N) is 3. The molecule has 0 aliphatic heterocycles. The monoisotopic (exact) mass is 410 g/mol. The number of amides is 1. The number of pyridine rings is 1. The van der Waals surface area contributed by atoms with Crippen molar-refractivity contribution in [2.45, 2.75) is 13.2 Å². The zero-order chi connectivity index (χ0) is 21.3. The molecule has 2 aromatic heterocycles. The van der Waals surface area contributed by atoms with Crippen LogP contribution in [0.1, 0.15) is 16.1 Å². The first kappa shape index (κ1) is 21.0. The first-order valence-corrected chi connectivity index (χ1v) is 9.19. The molecule has 9 heteroatoms. The van der Waals surface area contributed by atoms with Crippen LogP contribution in [-0.4, -0.2) is 41.5 Å². The van der Waals surface area contributed by atoms with Gasteiger partial charge in [-0.15, -0.1) is 0 Å². The molecular formula is C21H22N4O5. The Morgan fingerprint density at radius 3 is 2.60 bits per heavy atom. The van der Waals surface area contributed by atoms with Gasteiger partial charge >= 0.3 is 0 Å². The number of hydrogen-bond acceptors (Lipinski definition) is 7. The van der Waals surface area contributed by atoms with Crippen LogP contribution in [0.15, 0.2) is 59.7 Å². The van der Waals surface area contributed by atoms with Gasteiger partial charge in [-0.05, 0) is 35.9 Å². The number of anilines is 1. The molecule has 0 bridgehead atoms. The standard InChI is InChI=1S/C21H22N4O5/c1-28-12-11-25-20(26)6-4-17(24-25)21(27)23-16-3-5-18(29-2)19(13-16)30-14-15-7-9-22-10-8-15/h3-10,13H,11-12,14H2,1-2H3,(H,23,27). The SMILES string of the molecule is COCCn1nc(C(=O)Nc2ccc(OC)c(OCc3ccncc3)c2)ccc1=O. The van der Waals surface area contributed by atoms with Crippen LogP contribution in [-0.2, 0) is 17.9 Å². The topological polar surface area (TPSA) is 105 Å². The summed E-state index contributed by atoms with van der Waals surface area (Å²) in [5.41, 5.74) is 1.26. The van der Waals surface area contributed by atoms with E-state index >= 15 is 0 Å². The third-order valence-corrected chi connectivity index (χ3v) is 4.17. The Labute approximate surface area is 173 Å². The van der Waals surface area contributed by atoms with Crippen molar-refractivity contribution in [2.24, 2.45) is 0 Å². The van der Waals surface area contributed by atoms with Crippen LogP contribution in [0, 0.1) is 0 Å². The van der Waals surface area contributed by atoms with Crippen molar-refractivity contribution in [1.82, 2.24) is 14.8 Å². The highest BCUT2D eigenvalue weighted by molar-refractivity contribution is 6.02. The van der Waals surface area contributed by atoms with Gasteiger partial charge in [0.1, 0.15) is 12.3 Å². The third kappa shape index (κ3) is 5.42. The van der Waals surface area contributed by atoms with Crippen LogP contribution < -0.4 is 20.3 Å². The molecule has 156 valence electrons. The maximum Gasteiger partial charge on any atom is 0.276 e. The third-order valence-electron chi connectivity index (χ3n) is 4.17. The van der Waals surface area contributed by atoms with Crippen LogP contribution in [0.4, 0.5) is 5.69 Å². The molecule has 9 nitrogen and oxygen atoms in total. The summed E-state index contributed by atoms with van der Waals surface area (Å²) in [4.78, 5) is 28.4. The lowest BCUT2D eigenvalue weighted by atomic mass is 10.2. The molecule has 1 aromatic carbocycles. The van der Waals surface area contributed by atoms with Crippen molar-refractivity contribution in [3.05, 3.63) is 76.5 Å². The lowest BCUT2D eigenvalue weighted by molar-refractivity contribution is 0.101. The second-order valence-electron chi connectivity index (χ2n) is 6.24. The quantitative estimate of drug-likeness (QED) is 0.576. The van der Waals surface area contributed by atoms with Gasteiger partial charge in [0.25, 0.3) is 11.5 Å². The molecule has 0 atom stereocenters. The number of carbonyl (C=O) groups is 1. The summed E-state index contributed by atoms with van der Waals surface area (Å²) in [5, 5.41) is 6.85. The molecular weight excluding hydrogens is 388 g/mol. The molecule has 30 heavy (non-hydrogen) atoms. The second-order valence-corrected chi connectivity index (χ2v) is 6.24. The van der Waals surface area contributed by atoms with E-state index in [1.165, 1.54) is 23.9 Å². The Kier molecular flexibility index (Phi) is 7.12. The molecule has 0 aliphatic rings. The summed E-state index contributed by atoms with van der Waals surface area (Å²) < 4.78 is 17.3. The number of nitrogens with one attached hydrogen (secondary N) is 1. The van der Waals surface area contributed by atoms with E-state index in [1.54, 1.807) is 37.7 Å². The molecule has 3 rings (SSSR count). The highest BCUT2D eigenvalue weighted by Crippen LogP contribution is 2.31. The van der Waals surface area contributed by atoms with Gasteiger partial charge in [-0.2, -0.15) is 5.10 Å². The van der Waals surface area contributed by atoms with Gasteiger partial charge in [-0.3, -0.25) is 14.6 Å². The predicted octanol–water partition coefficient (Wildman–Crippen LogP) is 2.12. The fraction of sp³-hybridized carbons (Fsp3) is 0.238. The van der Waals surface area contributed by atoms with Gasteiger partial charge in [0, 0.05) is 37.3 Å². The average molecular weight is 410 g/mol. The number of methoxy groups -OCH3 is 2. The largest absolute Gasteiger partial charge is 0.493 e. The smallest absolute Gasteiger partial charge is 0.276 e. The Hall–Kier alpha value is -3.72. The minimum Gasteiger partial charge on any atom is -0.493 e. The van der Waals surface area contributed by atoms with Crippen LogP contribution in [0.5, 0.6) is 11.5 Å². The normalized spacial score (nSPS) is 10.5. The van der Waals surface area contributed by atoms with E-state index in [0.29, 0.717) is 30.4 Å². The van der Waals surface area contributed by atoms with Crippen molar-refractivity contribution < 1.29 is 19.0 Å². The Balaban J connectivity index is 1.74. The fourth-order valence-corrected chi connectivity index (χ4v) is 2.61. The molecule has 0 saturated carbocycles. The fourth-order valence-electron chi connectivity index (χ4n) is 2.61. The zero-order valence-electron chi connectivity index (χ0n) is 16.7. The van der Waals surface area contributed by atoms with Gasteiger partial charge < -0.3 is 19.5 Å². The molecule has 1 N–H and O–H groups in total. The van der Waals surface area contributed by atoms with Crippen molar-refractivity contribution in [2.75, 3.05) is 26.1 Å². The van der Waals surface area contributed by atoms with E-state index in [9.17, 15) is 9.59 Å². The number of aromatic nitrogens is 3. The number of ether oxygens (including phenoxy) is 3. The van der Waals surface area contributed by atoms with Gasteiger partial charge in [0.15, 0.2) is 11.5 Å². The number of rotatable bonds is 9. The average Bonchev–Trinajstić information content (AvgIpc) is 2.78. The van der Waals surface area contributed by atoms with Crippen LogP contribution >= 0.6 is 0 Å². The van der Waals surface area contributed by atoms with E-state index in [1.807, 2.05) is 12.1 Å². The molecule has 3 aromatic rings. The summed E-state index contributed by atoms with van der Waals surface area (Å²) in [6.45, 7) is 0.892. The van der Waals surface area contributed by atoms with E-state index in [0.717, 1.165) is 5.56 Å². The zero-order valence-corrected chi connectivity index (χ0v) is 16.7. The Morgan fingerprint density at radius 2 is 1.87 bits per heavy atom. The van der Waals surface area contributed by atoms with E-state index in [2.05, 4.69) is 15.4 Å². The summed E-state index contributed by atoms with van der Waals surface area (Å²) >= 11 is 0. The summed E-state index contributed by atoms with van der Waals surface area (Å²) in [6, 6.07) is 11.4. The lowest BCUT2D eigenvalue weighted by Gasteiger charge is -2.13. The molecule has 2 heterocycles. The van der Waals surface area contributed by atoms with E-state index < -0.39 is 5.91 Å². The van der Waals surface area contributed by atoms with Crippen molar-refractivity contribution in [3.8, 4) is 11.5 Å². The van der Waals surface area contributed by atoms with Gasteiger partial charge in [0.05, 0.1) is 20.3 Å².